The van der Waals surface area contributed by atoms with Gasteiger partial charge in [0, 0.05) is 0 Å². The highest BCUT2D eigenvalue weighted by atomic mass is 15.0. The van der Waals surface area contributed by atoms with E-state index in [0.717, 1.165) is 94.7 Å². The first kappa shape index (κ1) is 19.1. The van der Waals surface area contributed by atoms with Gasteiger partial charge in [0.05, 0.1) is 0 Å². The molecule has 0 aromatic carbocycles. The topological polar surface area (TPSA) is 0 Å². The lowest BCUT2D eigenvalue weighted by molar-refractivity contribution is -0.395. The van der Waals surface area contributed by atoms with Crippen LogP contribution in [0, 0.1) is 106 Å². The fraction of sp³-hybridized carbons (Fsp3) is 0.765. The molecule has 0 aromatic rings. The van der Waals surface area contributed by atoms with Gasteiger partial charge in [-0.1, -0.05) is 40.2 Å². The molecule has 12 saturated carbocycles. The normalized spacial score (nSPS) is 71.0. The van der Waals surface area contributed by atoms with Gasteiger partial charge in [0.1, 0.15) is 0 Å². The summed E-state index contributed by atoms with van der Waals surface area (Å²) in [5.41, 5.74) is 7.22. The van der Waals surface area contributed by atoms with Gasteiger partial charge in [0.2, 0.25) is 0 Å². The molecule has 12 aliphatic carbocycles. The van der Waals surface area contributed by atoms with E-state index < -0.39 is 0 Å². The van der Waals surface area contributed by atoms with Crippen molar-refractivity contribution in [2.45, 2.75) is 52.4 Å². The quantitative estimate of drug-likeness (QED) is 0.357. The maximum atomic E-state index is 4.61. The van der Waals surface area contributed by atoms with Crippen molar-refractivity contribution in [3.63, 3.8) is 0 Å². The highest BCUT2D eigenvalue weighted by Gasteiger charge is 2.91. The average Bonchev–Trinajstić information content (AvgIpc) is 3.60. The number of allylic oxidation sites excluding steroid dienone is 4. The minimum atomic E-state index is 0.640. The minimum absolute atomic E-state index is 0.640. The van der Waals surface area contributed by atoms with Gasteiger partial charge in [-0.3, -0.25) is 0 Å². The van der Waals surface area contributed by atoms with Crippen LogP contribution in [0.5, 0.6) is 0 Å². The van der Waals surface area contributed by atoms with E-state index in [1.54, 1.807) is 12.8 Å². The summed E-state index contributed by atoms with van der Waals surface area (Å²) in [6.07, 6.45) is 8.84. The van der Waals surface area contributed by atoms with Crippen molar-refractivity contribution in [2.24, 2.45) is 106 Å². The van der Waals surface area contributed by atoms with E-state index in [-0.39, 0.29) is 0 Å². The van der Waals surface area contributed by atoms with Crippen LogP contribution in [0.3, 0.4) is 0 Å². The molecule has 0 heterocycles. The van der Waals surface area contributed by atoms with E-state index in [4.69, 9.17) is 0 Å². The Hall–Kier alpha value is -1.04. The Kier molecular flexibility index (Phi) is 2.91. The summed E-state index contributed by atoms with van der Waals surface area (Å²) < 4.78 is 0. The first-order valence-corrected chi connectivity index (χ1v) is 15.1. The molecule has 0 saturated heterocycles. The number of hydrogen-bond donors (Lipinski definition) is 0. The lowest BCUT2D eigenvalue weighted by atomic mass is 9.18. The van der Waals surface area contributed by atoms with Crippen molar-refractivity contribution in [2.75, 3.05) is 0 Å². The molecule has 178 valence electrons. The first-order valence-electron chi connectivity index (χ1n) is 15.1. The van der Waals surface area contributed by atoms with Crippen LogP contribution < -0.4 is 0 Å². The Bertz CT molecular complexity index is 979. The van der Waals surface area contributed by atoms with Crippen molar-refractivity contribution >= 4 is 0 Å². The standard InChI is InChI=1S/C34H42/c1-13-14(2)18-8-7-17(13)25-21-11-22(26(18)25)30-29(21)33(5)31-23-12-24(32(31)34(30,33)6)28-20-10-9-19(27(23)28)15(3)16(20)4/h17-32H,1-4,7-12H2,5-6H3/t17-,18-,19-,20+,21+,22-,23-,24+,25-,26+,27+,28-,29+,30-,31-,32+,33?,34?/m1/s1. The van der Waals surface area contributed by atoms with Crippen molar-refractivity contribution < 1.29 is 0 Å². The third-order valence-corrected chi connectivity index (χ3v) is 16.6. The minimum Gasteiger partial charge on any atom is -0.0953 e. The zero-order valence-corrected chi connectivity index (χ0v) is 21.3. The molecule has 12 aliphatic rings. The molecule has 0 N–H and O–H groups in total. The summed E-state index contributed by atoms with van der Waals surface area (Å²) in [4.78, 5) is 0. The molecule has 18 atom stereocenters. The second-order valence-electron chi connectivity index (χ2n) is 15.8. The highest BCUT2D eigenvalue weighted by Crippen LogP contribution is 2.96. The lowest BCUT2D eigenvalue weighted by Gasteiger charge is -2.86. The number of rotatable bonds is 0. The summed E-state index contributed by atoms with van der Waals surface area (Å²) in [7, 11) is 0. The second-order valence-corrected chi connectivity index (χ2v) is 15.8. The Morgan fingerprint density at radius 3 is 0.941 bits per heavy atom. The van der Waals surface area contributed by atoms with Gasteiger partial charge in [-0.05, 0) is 166 Å². The molecule has 0 aromatic heterocycles. The molecule has 0 radical (unpaired) electrons. The highest BCUT2D eigenvalue weighted by molar-refractivity contribution is 5.46. The predicted octanol–water partition coefficient (Wildman–Crippen LogP) is 7.56. The zero-order chi connectivity index (χ0) is 22.8. The lowest BCUT2D eigenvalue weighted by Crippen LogP contribution is -2.83. The average molecular weight is 451 g/mol. The van der Waals surface area contributed by atoms with E-state index in [9.17, 15) is 0 Å². The Balaban J connectivity index is 1.07. The molecule has 0 aliphatic heterocycles. The van der Waals surface area contributed by atoms with Crippen molar-refractivity contribution in [1.29, 1.82) is 0 Å². The van der Waals surface area contributed by atoms with Crippen LogP contribution in [0.25, 0.3) is 0 Å². The third kappa shape index (κ3) is 1.46. The molecule has 34 heavy (non-hydrogen) atoms. The van der Waals surface area contributed by atoms with Crippen LogP contribution in [-0.2, 0) is 0 Å². The molecule has 0 nitrogen and oxygen atoms in total. The van der Waals surface area contributed by atoms with E-state index in [1.807, 2.05) is 0 Å². The summed E-state index contributed by atoms with van der Waals surface area (Å²) in [5, 5.41) is 0. The largest absolute Gasteiger partial charge is 0.0953 e. The van der Waals surface area contributed by atoms with E-state index >= 15 is 0 Å². The fourth-order valence-corrected chi connectivity index (χ4v) is 16.3. The molecule has 12 rings (SSSR count). The Labute approximate surface area is 206 Å². The van der Waals surface area contributed by atoms with Gasteiger partial charge >= 0.3 is 0 Å². The zero-order valence-electron chi connectivity index (χ0n) is 21.3. The maximum Gasteiger partial charge on any atom is -0.0131 e. The second kappa shape index (κ2) is 5.17. The number of fused-ring (bicyclic) bond motifs is 19. The molecule has 0 spiro atoms. The Morgan fingerprint density at radius 1 is 0.471 bits per heavy atom. The molecular formula is C34H42. The molecule has 0 heteroatoms. The summed E-state index contributed by atoms with van der Waals surface area (Å²) in [5.74, 6) is 15.3. The van der Waals surface area contributed by atoms with Crippen LogP contribution in [0.2, 0.25) is 0 Å². The van der Waals surface area contributed by atoms with Gasteiger partial charge in [-0.15, -0.1) is 0 Å². The van der Waals surface area contributed by atoms with Crippen LogP contribution >= 0.6 is 0 Å². The van der Waals surface area contributed by atoms with Crippen molar-refractivity contribution in [3.05, 3.63) is 48.6 Å². The molecular weight excluding hydrogens is 408 g/mol. The molecule has 8 bridgehead atoms. The van der Waals surface area contributed by atoms with Crippen LogP contribution in [0.4, 0.5) is 0 Å². The predicted molar refractivity (Wildman–Crippen MR) is 136 cm³/mol. The van der Waals surface area contributed by atoms with Gasteiger partial charge in [-0.2, -0.15) is 0 Å². The van der Waals surface area contributed by atoms with E-state index in [1.165, 1.54) is 48.0 Å². The summed E-state index contributed by atoms with van der Waals surface area (Å²) in [6.45, 7) is 24.1. The van der Waals surface area contributed by atoms with Gasteiger partial charge in [0.15, 0.2) is 0 Å². The van der Waals surface area contributed by atoms with Gasteiger partial charge in [0.25, 0.3) is 0 Å². The van der Waals surface area contributed by atoms with E-state index in [2.05, 4.69) is 40.2 Å². The van der Waals surface area contributed by atoms with Gasteiger partial charge in [-0.25, -0.2) is 0 Å². The van der Waals surface area contributed by atoms with E-state index in [0.29, 0.717) is 10.8 Å². The monoisotopic (exact) mass is 450 g/mol. The van der Waals surface area contributed by atoms with Crippen molar-refractivity contribution in [3.8, 4) is 0 Å². The van der Waals surface area contributed by atoms with Gasteiger partial charge < -0.3 is 0 Å². The SMILES string of the molecule is C=C1C(=C)[C@H]2CC[C@H]1[C@@H]1[C@@H]3C[C@H]([C@@H]12)[C@@H]1[C@H]3C2(C)[C@@H]3[C@@H]4C[C@@H]([C@@H]5[C@H]4[C@@H]4CC[C@H]5C(=C)C4=C)[C@@H]3C12C. The fourth-order valence-electron chi connectivity index (χ4n) is 16.3. The third-order valence-electron chi connectivity index (χ3n) is 16.6. The maximum absolute atomic E-state index is 4.61. The van der Waals surface area contributed by atoms with Crippen LogP contribution in [0.15, 0.2) is 48.6 Å². The van der Waals surface area contributed by atoms with Crippen LogP contribution in [-0.4, -0.2) is 0 Å². The number of hydrogen-bond acceptors (Lipinski definition) is 0. The smallest absolute Gasteiger partial charge is 0.0131 e. The first-order chi connectivity index (χ1) is 16.3. The summed E-state index contributed by atoms with van der Waals surface area (Å²) >= 11 is 0. The van der Waals surface area contributed by atoms with Crippen LogP contribution in [0.1, 0.15) is 52.4 Å². The Morgan fingerprint density at radius 2 is 0.706 bits per heavy atom. The summed E-state index contributed by atoms with van der Waals surface area (Å²) in [6, 6.07) is 0. The molecule has 2 unspecified atom stereocenters. The van der Waals surface area contributed by atoms with Crippen molar-refractivity contribution in [1.82, 2.24) is 0 Å². The molecule has 12 fully saturated rings. The molecule has 0 amide bonds.